The SMILES string of the molecule is C1CN([C]2CCOC2)CCO1. The Hall–Kier alpha value is -0.120. The zero-order chi connectivity index (χ0) is 7.52. The Bertz CT molecular complexity index is 117. The van der Waals surface area contributed by atoms with Crippen LogP contribution in [0.4, 0.5) is 0 Å². The summed E-state index contributed by atoms with van der Waals surface area (Å²) >= 11 is 0. The fraction of sp³-hybridized carbons (Fsp3) is 0.875. The first-order valence-electron chi connectivity index (χ1n) is 4.22. The van der Waals surface area contributed by atoms with Crippen LogP contribution in [-0.4, -0.2) is 44.4 Å². The molecule has 2 aliphatic heterocycles. The average molecular weight is 156 g/mol. The van der Waals surface area contributed by atoms with Crippen LogP contribution >= 0.6 is 0 Å². The van der Waals surface area contributed by atoms with Crippen LogP contribution in [0.3, 0.4) is 0 Å². The van der Waals surface area contributed by atoms with Crippen LogP contribution < -0.4 is 0 Å². The first-order valence-corrected chi connectivity index (χ1v) is 4.22. The van der Waals surface area contributed by atoms with Gasteiger partial charge in [0.15, 0.2) is 0 Å². The van der Waals surface area contributed by atoms with E-state index in [-0.39, 0.29) is 0 Å². The van der Waals surface area contributed by atoms with Gasteiger partial charge in [-0.05, 0) is 6.42 Å². The molecule has 0 aromatic heterocycles. The van der Waals surface area contributed by atoms with Gasteiger partial charge in [-0.3, -0.25) is 4.90 Å². The molecule has 0 unspecified atom stereocenters. The van der Waals surface area contributed by atoms with Crippen molar-refractivity contribution in [3.05, 3.63) is 6.04 Å². The van der Waals surface area contributed by atoms with Crippen molar-refractivity contribution in [2.24, 2.45) is 0 Å². The van der Waals surface area contributed by atoms with Gasteiger partial charge in [0.1, 0.15) is 0 Å². The second kappa shape index (κ2) is 3.52. The van der Waals surface area contributed by atoms with E-state index in [1.165, 1.54) is 6.04 Å². The van der Waals surface area contributed by atoms with E-state index in [0.717, 1.165) is 45.9 Å². The predicted octanol–water partition coefficient (Wildman–Crippen LogP) is 0.271. The van der Waals surface area contributed by atoms with Gasteiger partial charge in [-0.2, -0.15) is 0 Å². The van der Waals surface area contributed by atoms with Crippen LogP contribution in [0.5, 0.6) is 0 Å². The molecule has 0 amide bonds. The van der Waals surface area contributed by atoms with E-state index in [1.54, 1.807) is 0 Å². The molecule has 0 saturated carbocycles. The number of nitrogens with zero attached hydrogens (tertiary/aromatic N) is 1. The van der Waals surface area contributed by atoms with Gasteiger partial charge in [0.25, 0.3) is 0 Å². The van der Waals surface area contributed by atoms with Gasteiger partial charge < -0.3 is 9.47 Å². The van der Waals surface area contributed by atoms with Crippen LogP contribution in [0.25, 0.3) is 0 Å². The first kappa shape index (κ1) is 7.53. The third-order valence-electron chi connectivity index (χ3n) is 2.26. The van der Waals surface area contributed by atoms with E-state index >= 15 is 0 Å². The minimum Gasteiger partial charge on any atom is -0.379 e. The molecule has 0 aromatic carbocycles. The van der Waals surface area contributed by atoms with Gasteiger partial charge in [0.05, 0.1) is 25.9 Å². The van der Waals surface area contributed by atoms with E-state index in [9.17, 15) is 0 Å². The molecular formula is C8H14NO2. The van der Waals surface area contributed by atoms with Crippen LogP contribution in [0.15, 0.2) is 0 Å². The summed E-state index contributed by atoms with van der Waals surface area (Å²) in [6.45, 7) is 5.62. The second-order valence-electron chi connectivity index (χ2n) is 2.97. The van der Waals surface area contributed by atoms with Crippen LogP contribution in [0.2, 0.25) is 0 Å². The Morgan fingerprint density at radius 3 is 2.45 bits per heavy atom. The molecule has 0 spiro atoms. The largest absolute Gasteiger partial charge is 0.379 e. The fourth-order valence-electron chi connectivity index (χ4n) is 1.58. The molecule has 0 atom stereocenters. The number of rotatable bonds is 1. The summed E-state index contributed by atoms with van der Waals surface area (Å²) in [5.41, 5.74) is 0. The van der Waals surface area contributed by atoms with E-state index in [0.29, 0.717) is 0 Å². The van der Waals surface area contributed by atoms with E-state index in [2.05, 4.69) is 4.90 Å². The maximum absolute atomic E-state index is 5.29. The number of hydrogen-bond donors (Lipinski definition) is 0. The molecule has 2 heterocycles. The van der Waals surface area contributed by atoms with Crippen LogP contribution in [0.1, 0.15) is 6.42 Å². The van der Waals surface area contributed by atoms with Gasteiger partial charge in [-0.15, -0.1) is 0 Å². The van der Waals surface area contributed by atoms with Crippen LogP contribution in [-0.2, 0) is 9.47 Å². The van der Waals surface area contributed by atoms with Crippen molar-refractivity contribution in [3.8, 4) is 0 Å². The summed E-state index contributed by atoms with van der Waals surface area (Å²) in [6.07, 6.45) is 1.12. The maximum Gasteiger partial charge on any atom is 0.0675 e. The fourth-order valence-corrected chi connectivity index (χ4v) is 1.58. The Morgan fingerprint density at radius 1 is 1.00 bits per heavy atom. The monoisotopic (exact) mass is 156 g/mol. The van der Waals surface area contributed by atoms with E-state index < -0.39 is 0 Å². The topological polar surface area (TPSA) is 21.7 Å². The molecule has 2 saturated heterocycles. The van der Waals surface area contributed by atoms with Crippen molar-refractivity contribution in [3.63, 3.8) is 0 Å². The van der Waals surface area contributed by atoms with Gasteiger partial charge in [0, 0.05) is 19.7 Å². The van der Waals surface area contributed by atoms with Gasteiger partial charge >= 0.3 is 0 Å². The molecule has 63 valence electrons. The molecule has 1 radical (unpaired) electrons. The van der Waals surface area contributed by atoms with Crippen molar-refractivity contribution in [2.75, 3.05) is 39.5 Å². The van der Waals surface area contributed by atoms with Crippen molar-refractivity contribution in [1.29, 1.82) is 0 Å². The Morgan fingerprint density at radius 2 is 1.82 bits per heavy atom. The van der Waals surface area contributed by atoms with E-state index in [1.807, 2.05) is 0 Å². The number of morpholine rings is 1. The molecule has 2 aliphatic rings. The summed E-state index contributed by atoms with van der Waals surface area (Å²) in [5, 5.41) is 0. The summed E-state index contributed by atoms with van der Waals surface area (Å²) < 4.78 is 10.6. The van der Waals surface area contributed by atoms with Crippen LogP contribution in [0, 0.1) is 6.04 Å². The highest BCUT2D eigenvalue weighted by molar-refractivity contribution is 4.94. The highest BCUT2D eigenvalue weighted by Crippen LogP contribution is 2.20. The molecule has 2 rings (SSSR count). The third-order valence-corrected chi connectivity index (χ3v) is 2.26. The molecule has 0 bridgehead atoms. The Balaban J connectivity index is 1.82. The minimum absolute atomic E-state index is 0.847. The van der Waals surface area contributed by atoms with Crippen molar-refractivity contribution >= 4 is 0 Å². The number of hydrogen-bond acceptors (Lipinski definition) is 3. The quantitative estimate of drug-likeness (QED) is 0.544. The lowest BCUT2D eigenvalue weighted by molar-refractivity contribution is 0.0373. The zero-order valence-electron chi connectivity index (χ0n) is 6.71. The van der Waals surface area contributed by atoms with Gasteiger partial charge in [-0.1, -0.05) is 0 Å². The lowest BCUT2D eigenvalue weighted by Gasteiger charge is -2.30. The lowest BCUT2D eigenvalue weighted by Crippen LogP contribution is -2.39. The summed E-state index contributed by atoms with van der Waals surface area (Å²) in [4.78, 5) is 2.40. The molecule has 0 aliphatic carbocycles. The molecule has 0 N–H and O–H groups in total. The van der Waals surface area contributed by atoms with Crippen molar-refractivity contribution in [2.45, 2.75) is 6.42 Å². The highest BCUT2D eigenvalue weighted by Gasteiger charge is 2.25. The maximum atomic E-state index is 5.29. The molecule has 11 heavy (non-hydrogen) atoms. The van der Waals surface area contributed by atoms with Crippen molar-refractivity contribution in [1.82, 2.24) is 4.90 Å². The van der Waals surface area contributed by atoms with Gasteiger partial charge in [-0.25, -0.2) is 0 Å². The smallest absolute Gasteiger partial charge is 0.0675 e. The van der Waals surface area contributed by atoms with Crippen molar-refractivity contribution < 1.29 is 9.47 Å². The summed E-state index contributed by atoms with van der Waals surface area (Å²) in [7, 11) is 0. The Kier molecular flexibility index (Phi) is 2.41. The highest BCUT2D eigenvalue weighted by atomic mass is 16.5. The summed E-state index contributed by atoms with van der Waals surface area (Å²) in [6, 6.07) is 1.47. The first-order chi connectivity index (χ1) is 5.47. The molecule has 3 heteroatoms. The van der Waals surface area contributed by atoms with E-state index in [4.69, 9.17) is 9.47 Å². The number of ether oxygens (including phenoxy) is 2. The minimum atomic E-state index is 0.847. The zero-order valence-corrected chi connectivity index (χ0v) is 6.71. The third kappa shape index (κ3) is 1.72. The Labute approximate surface area is 67.3 Å². The molecule has 2 fully saturated rings. The average Bonchev–Trinajstić information content (AvgIpc) is 2.58. The second-order valence-corrected chi connectivity index (χ2v) is 2.97. The normalized spacial score (nSPS) is 29.5. The molecule has 0 aromatic rings. The van der Waals surface area contributed by atoms with Gasteiger partial charge in [0.2, 0.25) is 0 Å². The summed E-state index contributed by atoms with van der Waals surface area (Å²) in [5.74, 6) is 0. The molecular weight excluding hydrogens is 142 g/mol. The predicted molar refractivity (Wildman–Crippen MR) is 41.1 cm³/mol. The molecule has 3 nitrogen and oxygen atoms in total. The lowest BCUT2D eigenvalue weighted by atomic mass is 10.2. The standard InChI is InChI=1S/C8H14NO2/c1-4-11-7-8(1)9-2-5-10-6-3-9/h1-7H2.